The van der Waals surface area contributed by atoms with Crippen LogP contribution >= 0.6 is 12.4 Å². The molecule has 0 amide bonds. The Labute approximate surface area is 89.8 Å². The number of hydrogen-bond donors (Lipinski definition) is 1. The third-order valence-corrected chi connectivity index (χ3v) is 1.87. The first-order valence-electron chi connectivity index (χ1n) is 4.07. The van der Waals surface area contributed by atoms with Gasteiger partial charge in [-0.1, -0.05) is 30.3 Å². The van der Waals surface area contributed by atoms with E-state index in [4.69, 9.17) is 5.11 Å². The predicted octanol–water partition coefficient (Wildman–Crippen LogP) is 1.80. The Hall–Kier alpha value is -1.06. The highest BCUT2D eigenvalue weighted by Crippen LogP contribution is 2.17. The Morgan fingerprint density at radius 3 is 2.14 bits per heavy atom. The van der Waals surface area contributed by atoms with Crippen LogP contribution in [0.4, 0.5) is 0 Å². The molecule has 0 aliphatic heterocycles. The highest BCUT2D eigenvalue weighted by Gasteiger charge is 2.21. The molecule has 1 atom stereocenters. The number of rotatable bonds is 3. The van der Waals surface area contributed by atoms with Crippen LogP contribution in [0.1, 0.15) is 11.6 Å². The average Bonchev–Trinajstić information content (AvgIpc) is 2.04. The summed E-state index contributed by atoms with van der Waals surface area (Å²) in [6.45, 7) is 0. The van der Waals surface area contributed by atoms with Gasteiger partial charge in [-0.3, -0.25) is 9.69 Å². The molecular formula is C10H14ClNO2. The lowest BCUT2D eigenvalue weighted by Gasteiger charge is -2.19. The van der Waals surface area contributed by atoms with E-state index in [1.165, 1.54) is 0 Å². The number of nitrogens with zero attached hydrogens (tertiary/aromatic N) is 1. The molecule has 1 aromatic carbocycles. The summed E-state index contributed by atoms with van der Waals surface area (Å²) in [4.78, 5) is 12.6. The fraction of sp³-hybridized carbons (Fsp3) is 0.300. The minimum absolute atomic E-state index is 0. The largest absolute Gasteiger partial charge is 0.480 e. The second-order valence-corrected chi connectivity index (χ2v) is 3.12. The Balaban J connectivity index is 0.00000169. The van der Waals surface area contributed by atoms with E-state index in [2.05, 4.69) is 0 Å². The minimum atomic E-state index is -0.823. The van der Waals surface area contributed by atoms with Crippen molar-refractivity contribution in [1.29, 1.82) is 0 Å². The van der Waals surface area contributed by atoms with Crippen molar-refractivity contribution in [2.75, 3.05) is 14.1 Å². The number of hydrogen-bond acceptors (Lipinski definition) is 2. The van der Waals surface area contributed by atoms with Crippen molar-refractivity contribution in [1.82, 2.24) is 4.90 Å². The second-order valence-electron chi connectivity index (χ2n) is 3.12. The third kappa shape index (κ3) is 3.01. The van der Waals surface area contributed by atoms with Crippen LogP contribution in [0.5, 0.6) is 0 Å². The summed E-state index contributed by atoms with van der Waals surface area (Å²) in [5.41, 5.74) is 0.806. The van der Waals surface area contributed by atoms with Crippen molar-refractivity contribution >= 4 is 18.4 Å². The van der Waals surface area contributed by atoms with Crippen LogP contribution in [0.25, 0.3) is 0 Å². The molecule has 1 aromatic rings. The van der Waals surface area contributed by atoms with Crippen LogP contribution in [0.2, 0.25) is 0 Å². The molecule has 4 heteroatoms. The van der Waals surface area contributed by atoms with Crippen LogP contribution < -0.4 is 0 Å². The van der Waals surface area contributed by atoms with Crippen LogP contribution in [-0.4, -0.2) is 30.1 Å². The highest BCUT2D eigenvalue weighted by molar-refractivity contribution is 5.85. The van der Waals surface area contributed by atoms with Gasteiger partial charge < -0.3 is 5.11 Å². The van der Waals surface area contributed by atoms with E-state index in [0.717, 1.165) is 5.56 Å². The van der Waals surface area contributed by atoms with Crippen molar-refractivity contribution in [3.05, 3.63) is 35.9 Å². The zero-order valence-corrected chi connectivity index (χ0v) is 8.99. The smallest absolute Gasteiger partial charge is 0.325 e. The summed E-state index contributed by atoms with van der Waals surface area (Å²) in [6, 6.07) is 8.64. The van der Waals surface area contributed by atoms with Gasteiger partial charge in [0.05, 0.1) is 0 Å². The molecule has 0 aliphatic carbocycles. The molecule has 0 spiro atoms. The first kappa shape index (κ1) is 12.9. The molecule has 0 aromatic heterocycles. The molecule has 78 valence electrons. The minimum Gasteiger partial charge on any atom is -0.480 e. The lowest BCUT2D eigenvalue weighted by atomic mass is 10.1. The van der Waals surface area contributed by atoms with E-state index in [1.54, 1.807) is 19.0 Å². The van der Waals surface area contributed by atoms with Gasteiger partial charge in [0, 0.05) is 0 Å². The lowest BCUT2D eigenvalue weighted by molar-refractivity contribution is -0.142. The molecular weight excluding hydrogens is 202 g/mol. The lowest BCUT2D eigenvalue weighted by Crippen LogP contribution is -2.27. The summed E-state index contributed by atoms with van der Waals surface area (Å²) >= 11 is 0. The molecule has 14 heavy (non-hydrogen) atoms. The molecule has 0 unspecified atom stereocenters. The fourth-order valence-electron chi connectivity index (χ4n) is 1.30. The van der Waals surface area contributed by atoms with Gasteiger partial charge in [0.25, 0.3) is 0 Å². The van der Waals surface area contributed by atoms with Gasteiger partial charge >= 0.3 is 5.97 Å². The zero-order chi connectivity index (χ0) is 9.84. The maximum Gasteiger partial charge on any atom is 0.325 e. The molecule has 1 N–H and O–H groups in total. The summed E-state index contributed by atoms with van der Waals surface area (Å²) in [7, 11) is 3.51. The Morgan fingerprint density at radius 1 is 1.29 bits per heavy atom. The Kier molecular flexibility index (Phi) is 5.20. The molecule has 3 nitrogen and oxygen atoms in total. The van der Waals surface area contributed by atoms with Gasteiger partial charge in [-0.25, -0.2) is 0 Å². The fourth-order valence-corrected chi connectivity index (χ4v) is 1.30. The number of likely N-dealkylation sites (N-methyl/N-ethyl adjacent to an activating group) is 1. The van der Waals surface area contributed by atoms with Gasteiger partial charge in [0.15, 0.2) is 0 Å². The highest BCUT2D eigenvalue weighted by atomic mass is 35.5. The van der Waals surface area contributed by atoms with E-state index in [9.17, 15) is 4.79 Å². The van der Waals surface area contributed by atoms with E-state index in [-0.39, 0.29) is 12.4 Å². The maximum atomic E-state index is 10.9. The first-order valence-corrected chi connectivity index (χ1v) is 4.07. The maximum absolute atomic E-state index is 10.9. The SMILES string of the molecule is CN(C)[C@H](C(=O)O)c1ccccc1.Cl. The van der Waals surface area contributed by atoms with Gasteiger partial charge in [-0.2, -0.15) is 0 Å². The number of benzene rings is 1. The number of aliphatic carboxylic acids is 1. The average molecular weight is 216 g/mol. The van der Waals surface area contributed by atoms with Gasteiger partial charge in [0.2, 0.25) is 0 Å². The van der Waals surface area contributed by atoms with Crippen molar-refractivity contribution in [3.63, 3.8) is 0 Å². The van der Waals surface area contributed by atoms with Gasteiger partial charge in [-0.05, 0) is 19.7 Å². The van der Waals surface area contributed by atoms with E-state index >= 15 is 0 Å². The van der Waals surface area contributed by atoms with Crippen LogP contribution in [0, 0.1) is 0 Å². The van der Waals surface area contributed by atoms with Crippen LogP contribution in [0.3, 0.4) is 0 Å². The molecule has 0 fully saturated rings. The number of carboxylic acids is 1. The van der Waals surface area contributed by atoms with Gasteiger partial charge in [-0.15, -0.1) is 12.4 Å². The monoisotopic (exact) mass is 215 g/mol. The van der Waals surface area contributed by atoms with Crippen molar-refractivity contribution in [2.45, 2.75) is 6.04 Å². The van der Waals surface area contributed by atoms with Crippen LogP contribution in [0.15, 0.2) is 30.3 Å². The summed E-state index contributed by atoms with van der Waals surface area (Å²) in [5, 5.41) is 8.96. The predicted molar refractivity (Wildman–Crippen MR) is 57.8 cm³/mol. The normalized spacial score (nSPS) is 11.9. The van der Waals surface area contributed by atoms with Crippen molar-refractivity contribution in [2.24, 2.45) is 0 Å². The van der Waals surface area contributed by atoms with Crippen LogP contribution in [-0.2, 0) is 4.79 Å². The standard InChI is InChI=1S/C10H13NO2.ClH/c1-11(2)9(10(12)13)8-6-4-3-5-7-8;/h3-7,9H,1-2H3,(H,12,13);1H/t9-;/m0./s1. The number of carbonyl (C=O) groups is 1. The van der Waals surface area contributed by atoms with E-state index < -0.39 is 12.0 Å². The molecule has 0 saturated heterocycles. The molecule has 0 radical (unpaired) electrons. The second kappa shape index (κ2) is 5.62. The first-order chi connectivity index (χ1) is 6.13. The molecule has 0 bridgehead atoms. The summed E-state index contributed by atoms with van der Waals surface area (Å²) in [6.07, 6.45) is 0. The topological polar surface area (TPSA) is 40.5 Å². The summed E-state index contributed by atoms with van der Waals surface area (Å²) in [5.74, 6) is -0.823. The van der Waals surface area contributed by atoms with Crippen molar-refractivity contribution < 1.29 is 9.90 Å². The molecule has 0 heterocycles. The molecule has 1 rings (SSSR count). The zero-order valence-electron chi connectivity index (χ0n) is 8.18. The number of halogens is 1. The Morgan fingerprint density at radius 2 is 1.79 bits per heavy atom. The van der Waals surface area contributed by atoms with E-state index in [0.29, 0.717) is 0 Å². The molecule has 0 aliphatic rings. The number of carboxylic acid groups (broad SMARTS) is 1. The third-order valence-electron chi connectivity index (χ3n) is 1.87. The Bertz CT molecular complexity index is 287. The van der Waals surface area contributed by atoms with Gasteiger partial charge in [0.1, 0.15) is 6.04 Å². The quantitative estimate of drug-likeness (QED) is 0.836. The summed E-state index contributed by atoms with van der Waals surface area (Å²) < 4.78 is 0. The van der Waals surface area contributed by atoms with E-state index in [1.807, 2.05) is 30.3 Å². The van der Waals surface area contributed by atoms with Crippen molar-refractivity contribution in [3.8, 4) is 0 Å². The molecule has 0 saturated carbocycles.